The van der Waals surface area contributed by atoms with Crippen LogP contribution in [-0.4, -0.2) is 77.1 Å². The summed E-state index contributed by atoms with van der Waals surface area (Å²) in [6.45, 7) is 10.1. The van der Waals surface area contributed by atoms with E-state index in [-0.39, 0.29) is 0 Å². The van der Waals surface area contributed by atoms with Gasteiger partial charge in [-0.1, -0.05) is 30.3 Å². The molecule has 2 unspecified atom stereocenters. The number of rotatable bonds is 10. The van der Waals surface area contributed by atoms with E-state index in [1.54, 1.807) is 0 Å². The summed E-state index contributed by atoms with van der Waals surface area (Å²) in [6, 6.07) is 10.9. The summed E-state index contributed by atoms with van der Waals surface area (Å²) >= 11 is 0. The molecule has 0 saturated heterocycles. The molecule has 0 aliphatic carbocycles. The van der Waals surface area contributed by atoms with Crippen LogP contribution in [0, 0.1) is 0 Å². The molecule has 2 atom stereocenters. The molecule has 3 rings (SSSR count). The molecule has 0 N–H and O–H groups in total. The van der Waals surface area contributed by atoms with Gasteiger partial charge in [0.05, 0.1) is 12.3 Å². The highest BCUT2D eigenvalue weighted by Gasteiger charge is 2.19. The van der Waals surface area contributed by atoms with Crippen molar-refractivity contribution in [2.45, 2.75) is 45.6 Å². The molecule has 5 nitrogen and oxygen atoms in total. The monoisotopic (exact) mass is 383 g/mol. The lowest BCUT2D eigenvalue weighted by Crippen LogP contribution is -2.37. The fraction of sp³-hybridized carbons (Fsp3) is 0.565. The van der Waals surface area contributed by atoms with Crippen molar-refractivity contribution in [3.63, 3.8) is 0 Å². The molecule has 5 heteroatoms. The van der Waals surface area contributed by atoms with Gasteiger partial charge in [0.15, 0.2) is 0 Å². The lowest BCUT2D eigenvalue weighted by Gasteiger charge is -2.30. The quantitative estimate of drug-likeness (QED) is 0.614. The Balaban J connectivity index is 1.47. The molecule has 2 heterocycles. The Morgan fingerprint density at radius 2 is 1.25 bits per heavy atom. The second-order valence-electron chi connectivity index (χ2n) is 8.14. The summed E-state index contributed by atoms with van der Waals surface area (Å²) < 4.78 is 0. The highest BCUT2D eigenvalue weighted by molar-refractivity contribution is 5.14. The molecule has 2 aliphatic rings. The van der Waals surface area contributed by atoms with Gasteiger partial charge in [0.1, 0.15) is 0 Å². The van der Waals surface area contributed by atoms with E-state index in [9.17, 15) is 0 Å². The van der Waals surface area contributed by atoms with Crippen molar-refractivity contribution in [1.82, 2.24) is 24.5 Å². The lowest BCUT2D eigenvalue weighted by atomic mass is 10.2. The molecule has 1 aromatic rings. The molecule has 0 spiro atoms. The normalized spacial score (nSPS) is 21.6. The zero-order valence-corrected chi connectivity index (χ0v) is 18.0. The van der Waals surface area contributed by atoms with Gasteiger partial charge in [-0.3, -0.25) is 4.90 Å². The second kappa shape index (κ2) is 9.87. The van der Waals surface area contributed by atoms with Crippen LogP contribution < -0.4 is 0 Å². The third kappa shape index (κ3) is 5.44. The van der Waals surface area contributed by atoms with Crippen molar-refractivity contribution in [2.75, 3.05) is 40.3 Å². The number of benzene rings is 1. The summed E-state index contributed by atoms with van der Waals surface area (Å²) in [4.78, 5) is 12.0. The fourth-order valence-corrected chi connectivity index (χ4v) is 3.94. The molecule has 154 valence electrons. The van der Waals surface area contributed by atoms with Crippen LogP contribution in [0.2, 0.25) is 0 Å². The van der Waals surface area contributed by atoms with Crippen LogP contribution in [0.4, 0.5) is 0 Å². The van der Waals surface area contributed by atoms with Crippen molar-refractivity contribution < 1.29 is 0 Å². The average Bonchev–Trinajstić information content (AvgIpc) is 3.19. The minimum absolute atomic E-state index is 0.475. The largest absolute Gasteiger partial charge is 0.359 e. The Morgan fingerprint density at radius 3 is 1.68 bits per heavy atom. The average molecular weight is 384 g/mol. The van der Waals surface area contributed by atoms with Gasteiger partial charge in [-0.25, -0.2) is 0 Å². The van der Waals surface area contributed by atoms with Crippen LogP contribution in [0.5, 0.6) is 0 Å². The van der Waals surface area contributed by atoms with Gasteiger partial charge in [-0.15, -0.1) is 0 Å². The van der Waals surface area contributed by atoms with E-state index in [1.807, 2.05) is 0 Å². The minimum atomic E-state index is 0.475. The summed E-state index contributed by atoms with van der Waals surface area (Å²) in [6.07, 6.45) is 12.1. The molecule has 0 amide bonds. The first-order valence-corrected chi connectivity index (χ1v) is 10.6. The van der Waals surface area contributed by atoms with Gasteiger partial charge in [0.25, 0.3) is 0 Å². The van der Waals surface area contributed by atoms with Crippen LogP contribution in [-0.2, 0) is 6.54 Å². The van der Waals surface area contributed by atoms with Crippen molar-refractivity contribution >= 4 is 0 Å². The molecule has 2 aliphatic heterocycles. The maximum absolute atomic E-state index is 2.62. The van der Waals surface area contributed by atoms with Crippen molar-refractivity contribution in [1.29, 1.82) is 0 Å². The summed E-state index contributed by atoms with van der Waals surface area (Å²) in [5.41, 5.74) is 1.41. The Hall–Kier alpha value is -2.14. The fourth-order valence-electron chi connectivity index (χ4n) is 3.94. The third-order valence-corrected chi connectivity index (χ3v) is 6.16. The van der Waals surface area contributed by atoms with Crippen LogP contribution in [0.1, 0.15) is 32.3 Å². The molecule has 0 bridgehead atoms. The predicted octanol–water partition coefficient (Wildman–Crippen LogP) is 3.40. The van der Waals surface area contributed by atoms with E-state index in [2.05, 4.69) is 108 Å². The van der Waals surface area contributed by atoms with E-state index in [0.29, 0.717) is 12.3 Å². The zero-order valence-electron chi connectivity index (χ0n) is 18.0. The SMILES string of the molecule is CC1N(C)C=CN1CCCN(CCCN1C=CN(C)C1C)Cc1ccccc1. The van der Waals surface area contributed by atoms with Gasteiger partial charge in [0, 0.05) is 71.6 Å². The number of hydrogen-bond donors (Lipinski definition) is 0. The molecular formula is C23H37N5. The van der Waals surface area contributed by atoms with E-state index in [1.165, 1.54) is 18.4 Å². The van der Waals surface area contributed by atoms with Gasteiger partial charge in [-0.05, 0) is 32.3 Å². The number of hydrogen-bond acceptors (Lipinski definition) is 5. The van der Waals surface area contributed by atoms with E-state index in [0.717, 1.165) is 32.7 Å². The van der Waals surface area contributed by atoms with Crippen molar-refractivity contribution in [3.05, 3.63) is 60.7 Å². The first-order valence-electron chi connectivity index (χ1n) is 10.6. The van der Waals surface area contributed by atoms with Gasteiger partial charge in [0.2, 0.25) is 0 Å². The maximum Gasteiger partial charge on any atom is 0.0974 e. The third-order valence-electron chi connectivity index (χ3n) is 6.16. The van der Waals surface area contributed by atoms with Crippen LogP contribution >= 0.6 is 0 Å². The number of nitrogens with zero attached hydrogens (tertiary/aromatic N) is 5. The highest BCUT2D eigenvalue weighted by atomic mass is 15.4. The predicted molar refractivity (Wildman–Crippen MR) is 117 cm³/mol. The summed E-state index contributed by atoms with van der Waals surface area (Å²) in [7, 11) is 4.29. The highest BCUT2D eigenvalue weighted by Crippen LogP contribution is 2.15. The first-order chi connectivity index (χ1) is 13.5. The summed E-state index contributed by atoms with van der Waals surface area (Å²) in [5, 5.41) is 0. The smallest absolute Gasteiger partial charge is 0.0974 e. The Kier molecular flexibility index (Phi) is 7.26. The molecule has 1 aromatic carbocycles. The molecule has 0 saturated carbocycles. The zero-order chi connectivity index (χ0) is 19.9. The van der Waals surface area contributed by atoms with E-state index < -0.39 is 0 Å². The second-order valence-corrected chi connectivity index (χ2v) is 8.14. The standard InChI is InChI=1S/C23H37N5/c1-21-24(3)16-18-27(21)14-8-12-26(20-23-10-6-5-7-11-23)13-9-15-28-19-17-25(4)22(28)2/h5-7,10-11,16-19,21-22H,8-9,12-15,20H2,1-4H3. The summed E-state index contributed by atoms with van der Waals surface area (Å²) in [5.74, 6) is 0. The molecule has 28 heavy (non-hydrogen) atoms. The van der Waals surface area contributed by atoms with Gasteiger partial charge in [-0.2, -0.15) is 0 Å². The van der Waals surface area contributed by atoms with E-state index >= 15 is 0 Å². The molecular weight excluding hydrogens is 346 g/mol. The van der Waals surface area contributed by atoms with Crippen LogP contribution in [0.15, 0.2) is 55.1 Å². The Bertz CT molecular complexity index is 608. The lowest BCUT2D eigenvalue weighted by molar-refractivity contribution is 0.167. The van der Waals surface area contributed by atoms with Gasteiger partial charge < -0.3 is 19.6 Å². The Labute approximate surface area is 171 Å². The van der Waals surface area contributed by atoms with Gasteiger partial charge >= 0.3 is 0 Å². The molecule has 0 fully saturated rings. The van der Waals surface area contributed by atoms with Crippen molar-refractivity contribution in [3.8, 4) is 0 Å². The van der Waals surface area contributed by atoms with Crippen LogP contribution in [0.3, 0.4) is 0 Å². The Morgan fingerprint density at radius 1 is 0.750 bits per heavy atom. The topological polar surface area (TPSA) is 16.2 Å². The maximum atomic E-state index is 2.62. The molecule has 0 aromatic heterocycles. The first kappa shape index (κ1) is 20.6. The minimum Gasteiger partial charge on any atom is -0.359 e. The van der Waals surface area contributed by atoms with Crippen LogP contribution in [0.25, 0.3) is 0 Å². The van der Waals surface area contributed by atoms with Crippen molar-refractivity contribution in [2.24, 2.45) is 0 Å². The van der Waals surface area contributed by atoms with E-state index in [4.69, 9.17) is 0 Å². The molecule has 0 radical (unpaired) electrons.